The highest BCUT2D eigenvalue weighted by atomic mass is 16.1. The molecule has 0 spiro atoms. The number of hydrogen-bond acceptors (Lipinski definition) is 5. The lowest BCUT2D eigenvalue weighted by Gasteiger charge is -2.43. The quantitative estimate of drug-likeness (QED) is 0.678. The zero-order valence-electron chi connectivity index (χ0n) is 18.9. The molecule has 32 heavy (non-hydrogen) atoms. The summed E-state index contributed by atoms with van der Waals surface area (Å²) < 4.78 is 1.64. The zero-order valence-corrected chi connectivity index (χ0v) is 18.9. The largest absolute Gasteiger partial charge is 0.367 e. The summed E-state index contributed by atoms with van der Waals surface area (Å²) in [6, 6.07) is 13.9. The van der Waals surface area contributed by atoms with Crippen molar-refractivity contribution in [1.29, 1.82) is 0 Å². The van der Waals surface area contributed by atoms with Gasteiger partial charge in [-0.25, -0.2) is 4.98 Å². The van der Waals surface area contributed by atoms with Crippen LogP contribution in [0.15, 0.2) is 47.4 Å². The normalized spacial score (nSPS) is 24.0. The topological polar surface area (TPSA) is 53.4 Å². The number of piperidine rings is 1. The second-order valence-corrected chi connectivity index (χ2v) is 9.73. The van der Waals surface area contributed by atoms with Gasteiger partial charge in [0.05, 0.1) is 11.7 Å². The molecule has 1 aromatic carbocycles. The Morgan fingerprint density at radius 3 is 2.78 bits per heavy atom. The number of nitrogens with one attached hydrogen (secondary N) is 1. The SMILES string of the molecule is C[C@@H]1CN(c2cc(=O)n(C)c3ncccc23)C[C@@H]2c3ccc(C4CCNCC4)cc3CN12. The van der Waals surface area contributed by atoms with E-state index in [0.717, 1.165) is 49.4 Å². The third-order valence-electron chi connectivity index (χ3n) is 7.85. The van der Waals surface area contributed by atoms with Gasteiger partial charge in [0.25, 0.3) is 5.56 Å². The Morgan fingerprint density at radius 1 is 1.09 bits per heavy atom. The molecule has 2 atom stereocenters. The van der Waals surface area contributed by atoms with Gasteiger partial charge in [-0.2, -0.15) is 0 Å². The molecule has 3 aliphatic heterocycles. The summed E-state index contributed by atoms with van der Waals surface area (Å²) in [6.45, 7) is 7.43. The van der Waals surface area contributed by atoms with Crippen molar-refractivity contribution in [2.45, 2.75) is 44.3 Å². The first kappa shape index (κ1) is 19.9. The number of nitrogens with zero attached hydrogens (tertiary/aromatic N) is 4. The van der Waals surface area contributed by atoms with E-state index >= 15 is 0 Å². The molecular formula is C26H31N5O. The Labute approximate surface area is 188 Å². The van der Waals surface area contributed by atoms with Gasteiger partial charge in [-0.05, 0) is 67.6 Å². The summed E-state index contributed by atoms with van der Waals surface area (Å²) in [5.41, 5.74) is 6.24. The number of anilines is 1. The van der Waals surface area contributed by atoms with Gasteiger partial charge in [0.15, 0.2) is 0 Å². The molecule has 3 aliphatic rings. The first-order valence-electron chi connectivity index (χ1n) is 11.9. The van der Waals surface area contributed by atoms with Crippen molar-refractivity contribution in [1.82, 2.24) is 19.8 Å². The van der Waals surface area contributed by atoms with Gasteiger partial charge in [-0.3, -0.25) is 14.3 Å². The first-order valence-corrected chi connectivity index (χ1v) is 11.9. The highest BCUT2D eigenvalue weighted by molar-refractivity contribution is 5.89. The van der Waals surface area contributed by atoms with Crippen molar-refractivity contribution < 1.29 is 0 Å². The van der Waals surface area contributed by atoms with Gasteiger partial charge in [0, 0.05) is 50.4 Å². The molecule has 166 valence electrons. The number of hydrogen-bond donors (Lipinski definition) is 1. The van der Waals surface area contributed by atoms with Crippen LogP contribution in [0.25, 0.3) is 11.0 Å². The lowest BCUT2D eigenvalue weighted by atomic mass is 9.88. The van der Waals surface area contributed by atoms with E-state index in [4.69, 9.17) is 0 Å². The maximum atomic E-state index is 12.7. The van der Waals surface area contributed by atoms with Crippen LogP contribution in [0, 0.1) is 0 Å². The van der Waals surface area contributed by atoms with Gasteiger partial charge in [-0.15, -0.1) is 0 Å². The van der Waals surface area contributed by atoms with Crippen LogP contribution in [0.3, 0.4) is 0 Å². The van der Waals surface area contributed by atoms with Crippen molar-refractivity contribution in [3.63, 3.8) is 0 Å². The zero-order chi connectivity index (χ0) is 21.8. The molecule has 2 fully saturated rings. The number of aromatic nitrogens is 2. The average molecular weight is 430 g/mol. The van der Waals surface area contributed by atoms with E-state index in [2.05, 4.69) is 51.3 Å². The summed E-state index contributed by atoms with van der Waals surface area (Å²) in [4.78, 5) is 22.2. The number of fused-ring (bicyclic) bond motifs is 4. The van der Waals surface area contributed by atoms with Gasteiger partial charge in [-0.1, -0.05) is 18.2 Å². The molecular weight excluding hydrogens is 398 g/mol. The average Bonchev–Trinajstić information content (AvgIpc) is 3.20. The Kier molecular flexibility index (Phi) is 4.81. The number of rotatable bonds is 2. The summed E-state index contributed by atoms with van der Waals surface area (Å²) >= 11 is 0. The van der Waals surface area contributed by atoms with E-state index in [1.807, 2.05) is 6.07 Å². The molecule has 3 aromatic rings. The predicted molar refractivity (Wildman–Crippen MR) is 128 cm³/mol. The lowest BCUT2D eigenvalue weighted by molar-refractivity contribution is 0.134. The fraction of sp³-hybridized carbons (Fsp3) is 0.462. The van der Waals surface area contributed by atoms with Gasteiger partial charge >= 0.3 is 0 Å². The number of aryl methyl sites for hydroxylation is 1. The monoisotopic (exact) mass is 429 g/mol. The Bertz CT molecular complexity index is 1230. The van der Waals surface area contributed by atoms with Crippen molar-refractivity contribution in [3.05, 3.63) is 69.6 Å². The first-order chi connectivity index (χ1) is 15.6. The minimum absolute atomic E-state index is 0.000261. The maximum Gasteiger partial charge on any atom is 0.253 e. The van der Waals surface area contributed by atoms with Crippen molar-refractivity contribution in [2.75, 3.05) is 31.1 Å². The lowest BCUT2D eigenvalue weighted by Crippen LogP contribution is -2.51. The highest BCUT2D eigenvalue weighted by Crippen LogP contribution is 2.42. The molecule has 5 heterocycles. The molecule has 0 saturated carbocycles. The van der Waals surface area contributed by atoms with E-state index in [1.54, 1.807) is 23.9 Å². The third kappa shape index (κ3) is 3.16. The molecule has 6 nitrogen and oxygen atoms in total. The van der Waals surface area contributed by atoms with E-state index in [1.165, 1.54) is 29.5 Å². The van der Waals surface area contributed by atoms with E-state index in [-0.39, 0.29) is 5.56 Å². The van der Waals surface area contributed by atoms with Crippen LogP contribution in [-0.4, -0.2) is 46.7 Å². The predicted octanol–water partition coefficient (Wildman–Crippen LogP) is 3.17. The Balaban J connectivity index is 1.35. The smallest absolute Gasteiger partial charge is 0.253 e. The molecule has 0 unspecified atom stereocenters. The van der Waals surface area contributed by atoms with E-state index in [9.17, 15) is 4.79 Å². The number of pyridine rings is 2. The molecule has 0 bridgehead atoms. The number of benzene rings is 1. The second-order valence-electron chi connectivity index (χ2n) is 9.73. The van der Waals surface area contributed by atoms with Gasteiger partial charge < -0.3 is 10.2 Å². The summed E-state index contributed by atoms with van der Waals surface area (Å²) in [5, 5.41) is 4.53. The molecule has 0 radical (unpaired) electrons. The second kappa shape index (κ2) is 7.71. The van der Waals surface area contributed by atoms with E-state index < -0.39 is 0 Å². The molecule has 6 heteroatoms. The van der Waals surface area contributed by atoms with E-state index in [0.29, 0.717) is 18.0 Å². The number of piperazine rings is 1. The van der Waals surface area contributed by atoms with Gasteiger partial charge in [0.1, 0.15) is 5.65 Å². The third-order valence-corrected chi connectivity index (χ3v) is 7.85. The minimum Gasteiger partial charge on any atom is -0.367 e. The van der Waals surface area contributed by atoms with Crippen LogP contribution in [0.5, 0.6) is 0 Å². The maximum absolute atomic E-state index is 12.7. The van der Waals surface area contributed by atoms with Crippen LogP contribution in [-0.2, 0) is 13.6 Å². The molecule has 1 N–H and O–H groups in total. The van der Waals surface area contributed by atoms with Crippen LogP contribution in [0.1, 0.15) is 48.4 Å². The fourth-order valence-electron chi connectivity index (χ4n) is 6.07. The summed E-state index contributed by atoms with van der Waals surface area (Å²) in [7, 11) is 1.80. The summed E-state index contributed by atoms with van der Waals surface area (Å²) in [5.74, 6) is 0.687. The molecule has 0 amide bonds. The molecule has 2 saturated heterocycles. The Hall–Kier alpha value is -2.70. The van der Waals surface area contributed by atoms with Crippen molar-refractivity contribution in [2.24, 2.45) is 7.05 Å². The van der Waals surface area contributed by atoms with Crippen LogP contribution in [0.2, 0.25) is 0 Å². The summed E-state index contributed by atoms with van der Waals surface area (Å²) in [6.07, 6.45) is 4.24. The standard InChI is InChI=1S/C26H31N5O/c1-17-14-30(23-13-25(32)29(2)26-22(23)4-3-9-28-26)16-24-21-6-5-19(12-20(21)15-31(17)24)18-7-10-27-11-8-18/h3-6,9,12-13,17-18,24,27H,7-8,10-11,14-16H2,1-2H3/t17-,24-/m1/s1. The van der Waals surface area contributed by atoms with Crippen LogP contribution < -0.4 is 15.8 Å². The molecule has 0 aliphatic carbocycles. The fourth-order valence-corrected chi connectivity index (χ4v) is 6.07. The minimum atomic E-state index is -0.000261. The van der Waals surface area contributed by atoms with Crippen molar-refractivity contribution in [3.8, 4) is 0 Å². The van der Waals surface area contributed by atoms with Gasteiger partial charge in [0.2, 0.25) is 0 Å². The molecule has 2 aromatic heterocycles. The van der Waals surface area contributed by atoms with Crippen LogP contribution >= 0.6 is 0 Å². The van der Waals surface area contributed by atoms with Crippen molar-refractivity contribution >= 4 is 16.7 Å². The highest BCUT2D eigenvalue weighted by Gasteiger charge is 2.39. The molecule has 6 rings (SSSR count). The van der Waals surface area contributed by atoms with Crippen LogP contribution in [0.4, 0.5) is 5.69 Å². The Morgan fingerprint density at radius 2 is 1.94 bits per heavy atom.